The van der Waals surface area contributed by atoms with E-state index in [9.17, 15) is 14.4 Å². The fourth-order valence-electron chi connectivity index (χ4n) is 2.53. The SMILES string of the molecule is CC(=O)NCc1ccc(C(=O)C(C)OC(=O)c2ccc(COc3ccccc3)o2)s1. The number of thiophene rings is 1. The van der Waals surface area contributed by atoms with Crippen molar-refractivity contribution in [2.45, 2.75) is 33.1 Å². The molecule has 1 aromatic carbocycles. The molecule has 0 aliphatic carbocycles. The number of benzene rings is 1. The van der Waals surface area contributed by atoms with Crippen LogP contribution in [-0.2, 0) is 22.7 Å². The minimum absolute atomic E-state index is 0.00108. The topological polar surface area (TPSA) is 94.8 Å². The van der Waals surface area contributed by atoms with Gasteiger partial charge in [0.05, 0.1) is 11.4 Å². The molecule has 0 saturated carbocycles. The summed E-state index contributed by atoms with van der Waals surface area (Å²) in [5.41, 5.74) is 0. The normalized spacial score (nSPS) is 11.5. The second kappa shape index (κ2) is 9.89. The summed E-state index contributed by atoms with van der Waals surface area (Å²) >= 11 is 1.25. The van der Waals surface area contributed by atoms with E-state index in [1.807, 2.05) is 30.3 Å². The van der Waals surface area contributed by atoms with Crippen molar-refractivity contribution < 1.29 is 28.3 Å². The van der Waals surface area contributed by atoms with Crippen LogP contribution < -0.4 is 10.1 Å². The van der Waals surface area contributed by atoms with Gasteiger partial charge in [-0.3, -0.25) is 9.59 Å². The molecule has 0 saturated heterocycles. The first-order valence-corrected chi connectivity index (χ1v) is 10.1. The molecule has 156 valence electrons. The second-order valence-electron chi connectivity index (χ2n) is 6.46. The van der Waals surface area contributed by atoms with E-state index < -0.39 is 12.1 Å². The van der Waals surface area contributed by atoms with Crippen LogP contribution in [0.4, 0.5) is 0 Å². The molecule has 8 heteroatoms. The van der Waals surface area contributed by atoms with E-state index in [1.165, 1.54) is 31.3 Å². The van der Waals surface area contributed by atoms with E-state index in [0.29, 0.717) is 22.9 Å². The Labute approximate surface area is 177 Å². The third-order valence-corrected chi connectivity index (χ3v) is 5.16. The zero-order valence-corrected chi connectivity index (χ0v) is 17.4. The Bertz CT molecular complexity index is 1020. The van der Waals surface area contributed by atoms with Crippen LogP contribution in [0.1, 0.15) is 44.7 Å². The van der Waals surface area contributed by atoms with Crippen molar-refractivity contribution in [3.05, 3.63) is 75.9 Å². The number of ketones is 1. The molecule has 0 bridgehead atoms. The van der Waals surface area contributed by atoms with E-state index in [4.69, 9.17) is 13.9 Å². The van der Waals surface area contributed by atoms with Crippen LogP contribution in [0.5, 0.6) is 5.75 Å². The zero-order valence-electron chi connectivity index (χ0n) is 16.5. The van der Waals surface area contributed by atoms with Gasteiger partial charge in [-0.25, -0.2) is 4.79 Å². The molecule has 2 aromatic heterocycles. The first kappa shape index (κ1) is 21.3. The van der Waals surface area contributed by atoms with Crippen LogP contribution >= 0.6 is 11.3 Å². The monoisotopic (exact) mass is 427 g/mol. The molecule has 3 rings (SSSR count). The number of amides is 1. The summed E-state index contributed by atoms with van der Waals surface area (Å²) < 4.78 is 16.3. The second-order valence-corrected chi connectivity index (χ2v) is 7.62. The molecular formula is C22H21NO6S. The Balaban J connectivity index is 1.53. The van der Waals surface area contributed by atoms with Gasteiger partial charge < -0.3 is 19.2 Å². The summed E-state index contributed by atoms with van der Waals surface area (Å²) in [6.07, 6.45) is -0.973. The number of para-hydroxylation sites is 1. The highest BCUT2D eigenvalue weighted by Gasteiger charge is 2.23. The van der Waals surface area contributed by atoms with Gasteiger partial charge in [0, 0.05) is 11.8 Å². The largest absolute Gasteiger partial charge is 0.486 e. The lowest BCUT2D eigenvalue weighted by Gasteiger charge is -2.10. The number of hydrogen-bond acceptors (Lipinski definition) is 7. The minimum Gasteiger partial charge on any atom is -0.486 e. The maximum atomic E-state index is 12.5. The van der Waals surface area contributed by atoms with Gasteiger partial charge in [0.15, 0.2) is 6.10 Å². The quantitative estimate of drug-likeness (QED) is 0.410. The molecular weight excluding hydrogens is 406 g/mol. The molecule has 0 fully saturated rings. The molecule has 2 heterocycles. The van der Waals surface area contributed by atoms with Crippen molar-refractivity contribution in [1.29, 1.82) is 0 Å². The standard InChI is InChI=1S/C22H21NO6S/c1-14(21(25)20-11-9-18(30-20)12-23-15(2)24)28-22(26)19-10-8-17(29-19)13-27-16-6-4-3-5-7-16/h3-11,14H,12-13H2,1-2H3,(H,23,24). The summed E-state index contributed by atoms with van der Waals surface area (Å²) in [5, 5.41) is 2.67. The lowest BCUT2D eigenvalue weighted by molar-refractivity contribution is -0.119. The van der Waals surface area contributed by atoms with E-state index in [2.05, 4.69) is 5.32 Å². The number of hydrogen-bond donors (Lipinski definition) is 1. The van der Waals surface area contributed by atoms with Crippen LogP contribution in [0.15, 0.2) is 59.0 Å². The highest BCUT2D eigenvalue weighted by molar-refractivity contribution is 7.14. The van der Waals surface area contributed by atoms with Gasteiger partial charge in [-0.2, -0.15) is 0 Å². The van der Waals surface area contributed by atoms with Gasteiger partial charge >= 0.3 is 5.97 Å². The van der Waals surface area contributed by atoms with E-state index >= 15 is 0 Å². The van der Waals surface area contributed by atoms with Crippen LogP contribution in [-0.4, -0.2) is 23.8 Å². The third-order valence-electron chi connectivity index (χ3n) is 4.06. The summed E-state index contributed by atoms with van der Waals surface area (Å²) in [6, 6.07) is 15.8. The summed E-state index contributed by atoms with van der Waals surface area (Å²) in [4.78, 5) is 37.1. The molecule has 0 spiro atoms. The van der Waals surface area contributed by atoms with Gasteiger partial charge in [0.25, 0.3) is 0 Å². The molecule has 7 nitrogen and oxygen atoms in total. The molecule has 1 amide bonds. The van der Waals surface area contributed by atoms with Crippen molar-refractivity contribution >= 4 is 29.0 Å². The highest BCUT2D eigenvalue weighted by Crippen LogP contribution is 2.20. The van der Waals surface area contributed by atoms with Gasteiger partial charge in [-0.05, 0) is 43.3 Å². The smallest absolute Gasteiger partial charge is 0.374 e. The zero-order chi connectivity index (χ0) is 21.5. The number of carbonyl (C=O) groups excluding carboxylic acids is 3. The average Bonchev–Trinajstić information content (AvgIpc) is 3.40. The lowest BCUT2D eigenvalue weighted by atomic mass is 10.2. The van der Waals surface area contributed by atoms with E-state index in [-0.39, 0.29) is 24.1 Å². The number of carbonyl (C=O) groups is 3. The van der Waals surface area contributed by atoms with Crippen LogP contribution in [0.2, 0.25) is 0 Å². The lowest BCUT2D eigenvalue weighted by Crippen LogP contribution is -2.23. The van der Waals surface area contributed by atoms with Crippen molar-refractivity contribution in [1.82, 2.24) is 5.32 Å². The van der Waals surface area contributed by atoms with Crippen molar-refractivity contribution in [2.75, 3.05) is 0 Å². The van der Waals surface area contributed by atoms with Crippen molar-refractivity contribution in [3.63, 3.8) is 0 Å². The highest BCUT2D eigenvalue weighted by atomic mass is 32.1. The number of esters is 1. The first-order chi connectivity index (χ1) is 14.4. The predicted octanol–water partition coefficient (Wildman–Crippen LogP) is 3.98. The van der Waals surface area contributed by atoms with Crippen LogP contribution in [0, 0.1) is 0 Å². The Morgan fingerprint density at radius 1 is 1.07 bits per heavy atom. The molecule has 1 atom stereocenters. The third kappa shape index (κ3) is 5.81. The van der Waals surface area contributed by atoms with E-state index in [1.54, 1.807) is 18.2 Å². The summed E-state index contributed by atoms with van der Waals surface area (Å²) in [7, 11) is 0. The Morgan fingerprint density at radius 2 is 1.83 bits per heavy atom. The summed E-state index contributed by atoms with van der Waals surface area (Å²) in [6.45, 7) is 3.45. The fourth-order valence-corrected chi connectivity index (χ4v) is 3.49. The Morgan fingerprint density at radius 3 is 2.57 bits per heavy atom. The number of Topliss-reactive ketones (excluding diaryl/α,β-unsaturated/α-hetero) is 1. The fraction of sp³-hybridized carbons (Fsp3) is 0.227. The Kier molecular flexibility index (Phi) is 7.03. The van der Waals surface area contributed by atoms with Crippen LogP contribution in [0.25, 0.3) is 0 Å². The minimum atomic E-state index is -0.973. The molecule has 1 unspecified atom stereocenters. The molecule has 1 N–H and O–H groups in total. The molecule has 3 aromatic rings. The molecule has 0 aliphatic rings. The number of nitrogens with one attached hydrogen (secondary N) is 1. The molecule has 30 heavy (non-hydrogen) atoms. The number of rotatable bonds is 9. The maximum absolute atomic E-state index is 12.5. The van der Waals surface area contributed by atoms with Crippen molar-refractivity contribution in [2.24, 2.45) is 0 Å². The van der Waals surface area contributed by atoms with Gasteiger partial charge in [-0.1, -0.05) is 18.2 Å². The van der Waals surface area contributed by atoms with Gasteiger partial charge in [-0.15, -0.1) is 11.3 Å². The first-order valence-electron chi connectivity index (χ1n) is 9.27. The predicted molar refractivity (Wildman–Crippen MR) is 111 cm³/mol. The summed E-state index contributed by atoms with van der Waals surface area (Å²) in [5.74, 6) is -0.0421. The number of ether oxygens (including phenoxy) is 2. The van der Waals surface area contributed by atoms with Gasteiger partial charge in [0.2, 0.25) is 17.5 Å². The van der Waals surface area contributed by atoms with Crippen LogP contribution in [0.3, 0.4) is 0 Å². The molecule has 0 radical (unpaired) electrons. The number of furan rings is 1. The van der Waals surface area contributed by atoms with Crippen molar-refractivity contribution in [3.8, 4) is 5.75 Å². The Hall–Kier alpha value is -3.39. The molecule has 0 aliphatic heterocycles. The van der Waals surface area contributed by atoms with Gasteiger partial charge in [0.1, 0.15) is 18.1 Å². The van der Waals surface area contributed by atoms with E-state index in [0.717, 1.165) is 4.88 Å². The maximum Gasteiger partial charge on any atom is 0.374 e. The average molecular weight is 427 g/mol.